The lowest BCUT2D eigenvalue weighted by Crippen LogP contribution is -2.28. The molecule has 1 saturated heterocycles. The summed E-state index contributed by atoms with van der Waals surface area (Å²) >= 11 is 0. The Kier molecular flexibility index (Phi) is 5.18. The molecule has 2 aliphatic rings. The highest BCUT2D eigenvalue weighted by atomic mass is 16.5. The number of rotatable bonds is 4. The van der Waals surface area contributed by atoms with E-state index in [1.807, 2.05) is 7.11 Å². The second-order valence-electron chi connectivity index (χ2n) is 6.81. The molecule has 0 unspecified atom stereocenters. The van der Waals surface area contributed by atoms with Crippen LogP contribution in [0.5, 0.6) is 5.75 Å². The largest absolute Gasteiger partial charge is 0.496 e. The van der Waals surface area contributed by atoms with E-state index in [0.717, 1.165) is 17.6 Å². The van der Waals surface area contributed by atoms with Crippen LogP contribution in [0.15, 0.2) is 18.2 Å². The molecule has 1 saturated carbocycles. The van der Waals surface area contributed by atoms with Crippen LogP contribution in [0.3, 0.4) is 0 Å². The Morgan fingerprint density at radius 2 is 1.81 bits per heavy atom. The number of benzene rings is 1. The van der Waals surface area contributed by atoms with Crippen molar-refractivity contribution in [1.29, 1.82) is 0 Å². The van der Waals surface area contributed by atoms with Gasteiger partial charge >= 0.3 is 0 Å². The van der Waals surface area contributed by atoms with Crippen molar-refractivity contribution in [3.05, 3.63) is 29.3 Å². The highest BCUT2D eigenvalue weighted by Gasteiger charge is 2.20. The first-order valence-electron chi connectivity index (χ1n) is 8.74. The molecule has 0 atom stereocenters. The quantitative estimate of drug-likeness (QED) is 0.892. The third-order valence-electron chi connectivity index (χ3n) is 5.32. The summed E-state index contributed by atoms with van der Waals surface area (Å²) in [5.41, 5.74) is 2.99. The fourth-order valence-corrected chi connectivity index (χ4v) is 4.06. The van der Waals surface area contributed by atoms with Crippen LogP contribution in [-0.2, 0) is 6.42 Å². The van der Waals surface area contributed by atoms with Crippen LogP contribution < -0.4 is 10.1 Å². The van der Waals surface area contributed by atoms with Crippen molar-refractivity contribution in [3.8, 4) is 5.75 Å². The molecule has 1 aromatic rings. The molecule has 0 radical (unpaired) electrons. The van der Waals surface area contributed by atoms with Crippen molar-refractivity contribution in [2.45, 2.75) is 57.3 Å². The second kappa shape index (κ2) is 7.31. The van der Waals surface area contributed by atoms with Crippen LogP contribution in [-0.4, -0.2) is 20.2 Å². The van der Waals surface area contributed by atoms with E-state index in [-0.39, 0.29) is 0 Å². The van der Waals surface area contributed by atoms with E-state index >= 15 is 0 Å². The summed E-state index contributed by atoms with van der Waals surface area (Å²) in [7, 11) is 1.81. The van der Waals surface area contributed by atoms with Gasteiger partial charge in [0.25, 0.3) is 0 Å². The zero-order chi connectivity index (χ0) is 14.5. The van der Waals surface area contributed by atoms with E-state index in [9.17, 15) is 0 Å². The minimum absolute atomic E-state index is 0.724. The summed E-state index contributed by atoms with van der Waals surface area (Å²) in [5.74, 6) is 2.69. The first kappa shape index (κ1) is 14.9. The summed E-state index contributed by atoms with van der Waals surface area (Å²) < 4.78 is 5.63. The van der Waals surface area contributed by atoms with E-state index < -0.39 is 0 Å². The molecule has 21 heavy (non-hydrogen) atoms. The van der Waals surface area contributed by atoms with Crippen LogP contribution >= 0.6 is 0 Å². The third kappa shape index (κ3) is 3.79. The first-order chi connectivity index (χ1) is 10.4. The molecule has 0 aromatic heterocycles. The number of piperidine rings is 1. The minimum Gasteiger partial charge on any atom is -0.496 e. The average molecular weight is 287 g/mol. The van der Waals surface area contributed by atoms with Gasteiger partial charge in [-0.15, -0.1) is 0 Å². The number of methoxy groups -OCH3 is 1. The maximum absolute atomic E-state index is 5.63. The lowest BCUT2D eigenvalue weighted by atomic mass is 9.82. The van der Waals surface area contributed by atoms with E-state index in [4.69, 9.17) is 4.74 Å². The van der Waals surface area contributed by atoms with Gasteiger partial charge in [-0.3, -0.25) is 0 Å². The molecule has 1 aromatic carbocycles. The van der Waals surface area contributed by atoms with Gasteiger partial charge in [-0.2, -0.15) is 0 Å². The zero-order valence-corrected chi connectivity index (χ0v) is 13.4. The van der Waals surface area contributed by atoms with Crippen molar-refractivity contribution in [1.82, 2.24) is 5.32 Å². The number of nitrogens with one attached hydrogen (secondary N) is 1. The summed E-state index contributed by atoms with van der Waals surface area (Å²) in [6, 6.07) is 6.95. The molecular weight excluding hydrogens is 258 g/mol. The highest BCUT2D eigenvalue weighted by Crippen LogP contribution is 2.38. The van der Waals surface area contributed by atoms with Gasteiger partial charge in [0.2, 0.25) is 0 Å². The van der Waals surface area contributed by atoms with Crippen LogP contribution in [0, 0.1) is 5.92 Å². The first-order valence-corrected chi connectivity index (χ1v) is 8.74. The highest BCUT2D eigenvalue weighted by molar-refractivity contribution is 5.40. The normalized spacial score (nSPS) is 21.4. The van der Waals surface area contributed by atoms with Gasteiger partial charge in [0, 0.05) is 0 Å². The maximum Gasteiger partial charge on any atom is 0.122 e. The summed E-state index contributed by atoms with van der Waals surface area (Å²) in [6.45, 7) is 2.38. The minimum atomic E-state index is 0.724. The second-order valence-corrected chi connectivity index (χ2v) is 6.81. The molecule has 1 N–H and O–H groups in total. The van der Waals surface area contributed by atoms with Crippen molar-refractivity contribution < 1.29 is 4.74 Å². The molecule has 0 spiro atoms. The molecule has 2 heteroatoms. The van der Waals surface area contributed by atoms with Gasteiger partial charge < -0.3 is 10.1 Å². The lowest BCUT2D eigenvalue weighted by Gasteiger charge is -2.26. The van der Waals surface area contributed by atoms with E-state index in [1.165, 1.54) is 75.6 Å². The van der Waals surface area contributed by atoms with Crippen molar-refractivity contribution in [2.24, 2.45) is 5.92 Å². The molecule has 1 aliphatic carbocycles. The predicted octanol–water partition coefficient (Wildman–Crippen LogP) is 4.29. The molecule has 3 rings (SSSR count). The van der Waals surface area contributed by atoms with Crippen LogP contribution in [0.4, 0.5) is 0 Å². The Labute approximate surface area is 129 Å². The Balaban J connectivity index is 1.75. The molecule has 0 bridgehead atoms. The number of hydrogen-bond donors (Lipinski definition) is 1. The van der Waals surface area contributed by atoms with E-state index in [1.54, 1.807) is 0 Å². The summed E-state index contributed by atoms with van der Waals surface area (Å²) in [5, 5.41) is 3.46. The van der Waals surface area contributed by atoms with E-state index in [2.05, 4.69) is 23.5 Å². The molecular formula is C19H29NO. The summed E-state index contributed by atoms with van der Waals surface area (Å²) in [4.78, 5) is 0. The van der Waals surface area contributed by atoms with Crippen LogP contribution in [0.2, 0.25) is 0 Å². The molecule has 2 fully saturated rings. The van der Waals surface area contributed by atoms with Crippen LogP contribution in [0.25, 0.3) is 0 Å². The van der Waals surface area contributed by atoms with E-state index in [0.29, 0.717) is 0 Å². The monoisotopic (exact) mass is 287 g/mol. The summed E-state index contributed by atoms with van der Waals surface area (Å²) in [6.07, 6.45) is 10.7. The number of hydrogen-bond acceptors (Lipinski definition) is 2. The fraction of sp³-hybridized carbons (Fsp3) is 0.684. The van der Waals surface area contributed by atoms with Crippen LogP contribution in [0.1, 0.15) is 62.0 Å². The Morgan fingerprint density at radius 3 is 2.52 bits per heavy atom. The predicted molar refractivity (Wildman–Crippen MR) is 88.1 cm³/mol. The number of ether oxygens (including phenoxy) is 1. The molecule has 2 nitrogen and oxygen atoms in total. The van der Waals surface area contributed by atoms with Gasteiger partial charge in [-0.1, -0.05) is 31.4 Å². The van der Waals surface area contributed by atoms with Gasteiger partial charge in [0.15, 0.2) is 0 Å². The molecule has 116 valence electrons. The SMILES string of the molecule is COc1ccc(CC2CCNCC2)cc1C1CCCCC1. The Bertz CT molecular complexity index is 445. The maximum atomic E-state index is 5.63. The molecule has 1 heterocycles. The Hall–Kier alpha value is -1.02. The van der Waals surface area contributed by atoms with Crippen molar-refractivity contribution >= 4 is 0 Å². The van der Waals surface area contributed by atoms with Gasteiger partial charge in [-0.05, 0) is 74.2 Å². The zero-order valence-electron chi connectivity index (χ0n) is 13.4. The molecule has 0 amide bonds. The topological polar surface area (TPSA) is 21.3 Å². The van der Waals surface area contributed by atoms with Crippen molar-refractivity contribution in [2.75, 3.05) is 20.2 Å². The Morgan fingerprint density at radius 1 is 1.05 bits per heavy atom. The third-order valence-corrected chi connectivity index (χ3v) is 5.32. The van der Waals surface area contributed by atoms with Gasteiger partial charge in [-0.25, -0.2) is 0 Å². The smallest absolute Gasteiger partial charge is 0.122 e. The van der Waals surface area contributed by atoms with Gasteiger partial charge in [0.05, 0.1) is 7.11 Å². The standard InChI is InChI=1S/C19H29NO/c1-21-19-8-7-16(13-15-9-11-20-12-10-15)14-18(19)17-5-3-2-4-6-17/h7-8,14-15,17,20H,2-6,9-13H2,1H3. The van der Waals surface area contributed by atoms with Crippen molar-refractivity contribution in [3.63, 3.8) is 0 Å². The molecule has 1 aliphatic heterocycles. The lowest BCUT2D eigenvalue weighted by molar-refractivity contribution is 0.370. The van der Waals surface area contributed by atoms with Gasteiger partial charge in [0.1, 0.15) is 5.75 Å². The fourth-order valence-electron chi connectivity index (χ4n) is 4.06. The average Bonchev–Trinajstić information content (AvgIpc) is 2.56.